The minimum absolute atomic E-state index is 0.160. The van der Waals surface area contributed by atoms with Gasteiger partial charge in [0.2, 0.25) is 11.8 Å². The molecule has 0 spiro atoms. The summed E-state index contributed by atoms with van der Waals surface area (Å²) in [6, 6.07) is 8.29. The number of carboxylic acid groups (broad SMARTS) is 1. The molecule has 132 valence electrons. The number of aliphatic carboxylic acids is 1. The molecule has 24 heavy (non-hydrogen) atoms. The second kappa shape index (κ2) is 9.70. The van der Waals surface area contributed by atoms with Gasteiger partial charge in [-0.2, -0.15) is 0 Å². The van der Waals surface area contributed by atoms with Gasteiger partial charge < -0.3 is 15.7 Å². The first kappa shape index (κ1) is 19.7. The van der Waals surface area contributed by atoms with Gasteiger partial charge in [0.15, 0.2) is 0 Å². The number of hydrogen-bond donors (Lipinski definition) is 3. The normalized spacial score (nSPS) is 13.2. The molecule has 0 saturated carbocycles. The number of rotatable bonds is 9. The lowest BCUT2D eigenvalue weighted by atomic mass is 9.94. The van der Waals surface area contributed by atoms with Gasteiger partial charge in [0.25, 0.3) is 0 Å². The van der Waals surface area contributed by atoms with E-state index >= 15 is 0 Å². The molecule has 1 aromatic carbocycles. The molecule has 2 amide bonds. The van der Waals surface area contributed by atoms with Gasteiger partial charge in [-0.15, -0.1) is 0 Å². The molecule has 1 aromatic rings. The van der Waals surface area contributed by atoms with Gasteiger partial charge >= 0.3 is 5.97 Å². The summed E-state index contributed by atoms with van der Waals surface area (Å²) in [6.45, 7) is 5.43. The molecule has 3 N–H and O–H groups in total. The lowest BCUT2D eigenvalue weighted by molar-refractivity contribution is -0.142. The second-order valence-electron chi connectivity index (χ2n) is 6.29. The molecule has 0 aliphatic heterocycles. The lowest BCUT2D eigenvalue weighted by Crippen LogP contribution is -2.41. The molecule has 2 unspecified atom stereocenters. The fourth-order valence-corrected chi connectivity index (χ4v) is 2.21. The van der Waals surface area contributed by atoms with Crippen LogP contribution in [0, 0.1) is 11.8 Å². The average molecular weight is 334 g/mol. The number of benzene rings is 1. The van der Waals surface area contributed by atoms with Crippen LogP contribution in [0.2, 0.25) is 0 Å². The fourth-order valence-electron chi connectivity index (χ4n) is 2.21. The van der Waals surface area contributed by atoms with Crippen LogP contribution in [0.1, 0.15) is 45.2 Å². The van der Waals surface area contributed by atoms with Gasteiger partial charge in [0, 0.05) is 6.42 Å². The summed E-state index contributed by atoms with van der Waals surface area (Å²) in [4.78, 5) is 35.0. The van der Waals surface area contributed by atoms with Gasteiger partial charge in [-0.05, 0) is 24.8 Å². The number of carbonyl (C=O) groups is 3. The Morgan fingerprint density at radius 2 is 1.67 bits per heavy atom. The van der Waals surface area contributed by atoms with E-state index in [0.717, 1.165) is 6.42 Å². The van der Waals surface area contributed by atoms with Crippen molar-refractivity contribution >= 4 is 17.8 Å². The van der Waals surface area contributed by atoms with Crippen molar-refractivity contribution in [3.8, 4) is 0 Å². The molecule has 0 aliphatic carbocycles. The summed E-state index contributed by atoms with van der Waals surface area (Å²) in [5.74, 6) is -1.95. The van der Waals surface area contributed by atoms with Crippen LogP contribution >= 0.6 is 0 Å². The predicted molar refractivity (Wildman–Crippen MR) is 91.2 cm³/mol. The largest absolute Gasteiger partial charge is 0.481 e. The summed E-state index contributed by atoms with van der Waals surface area (Å²) < 4.78 is 0. The number of hydrogen-bond acceptors (Lipinski definition) is 3. The standard InChI is InChI=1S/C18H26N2O4/c1-12(2)9-10-15(21)19-11-16(22)20-17(13(3)18(23)24)14-7-5-4-6-8-14/h4-8,12-13,17H,9-11H2,1-3H3,(H,19,21)(H,20,22)(H,23,24). The molecule has 0 aliphatic rings. The number of nitrogens with one attached hydrogen (secondary N) is 2. The fraction of sp³-hybridized carbons (Fsp3) is 0.500. The smallest absolute Gasteiger partial charge is 0.308 e. The van der Waals surface area contributed by atoms with Crippen molar-refractivity contribution in [3.63, 3.8) is 0 Å². The minimum Gasteiger partial charge on any atom is -0.481 e. The van der Waals surface area contributed by atoms with Crippen LogP contribution in [0.25, 0.3) is 0 Å². The Morgan fingerprint density at radius 3 is 2.21 bits per heavy atom. The van der Waals surface area contributed by atoms with Gasteiger partial charge in [-0.25, -0.2) is 0 Å². The molecular weight excluding hydrogens is 308 g/mol. The topological polar surface area (TPSA) is 95.5 Å². The Bertz CT molecular complexity index is 557. The van der Waals surface area contributed by atoms with E-state index in [1.165, 1.54) is 0 Å². The van der Waals surface area contributed by atoms with E-state index < -0.39 is 23.8 Å². The first-order chi connectivity index (χ1) is 11.3. The van der Waals surface area contributed by atoms with E-state index in [4.69, 9.17) is 0 Å². The van der Waals surface area contributed by atoms with Gasteiger partial charge in [-0.1, -0.05) is 44.2 Å². The summed E-state index contributed by atoms with van der Waals surface area (Å²) in [7, 11) is 0. The van der Waals surface area contributed by atoms with Crippen molar-refractivity contribution in [2.45, 2.75) is 39.7 Å². The Morgan fingerprint density at radius 1 is 1.04 bits per heavy atom. The SMILES string of the molecule is CC(C)CCC(=O)NCC(=O)NC(c1ccccc1)C(C)C(=O)O. The first-order valence-corrected chi connectivity index (χ1v) is 8.15. The predicted octanol–water partition coefficient (Wildman–Crippen LogP) is 2.12. The molecule has 1 rings (SSSR count). The number of carbonyl (C=O) groups excluding carboxylic acids is 2. The van der Waals surface area contributed by atoms with Crippen LogP contribution in [0.3, 0.4) is 0 Å². The van der Waals surface area contributed by atoms with Crippen molar-refractivity contribution in [1.29, 1.82) is 0 Å². The molecule has 0 heterocycles. The molecule has 0 fully saturated rings. The Balaban J connectivity index is 2.62. The van der Waals surface area contributed by atoms with E-state index in [-0.39, 0.29) is 12.5 Å². The Labute approximate surface area is 142 Å². The lowest BCUT2D eigenvalue weighted by Gasteiger charge is -2.23. The molecule has 6 nitrogen and oxygen atoms in total. The number of amides is 2. The Hall–Kier alpha value is -2.37. The van der Waals surface area contributed by atoms with Crippen LogP contribution in [0.15, 0.2) is 30.3 Å². The molecule has 0 saturated heterocycles. The van der Waals surface area contributed by atoms with Crippen LogP contribution < -0.4 is 10.6 Å². The highest BCUT2D eigenvalue weighted by Crippen LogP contribution is 2.21. The average Bonchev–Trinajstić information content (AvgIpc) is 2.56. The van der Waals surface area contributed by atoms with E-state index in [1.807, 2.05) is 19.9 Å². The summed E-state index contributed by atoms with van der Waals surface area (Å²) in [5.41, 5.74) is 0.715. The summed E-state index contributed by atoms with van der Waals surface area (Å²) in [6.07, 6.45) is 1.13. The van der Waals surface area contributed by atoms with E-state index in [2.05, 4.69) is 10.6 Å². The van der Waals surface area contributed by atoms with E-state index in [9.17, 15) is 19.5 Å². The maximum atomic E-state index is 12.1. The molecule has 2 atom stereocenters. The molecule has 0 aromatic heterocycles. The zero-order valence-electron chi connectivity index (χ0n) is 14.4. The molecule has 6 heteroatoms. The maximum absolute atomic E-state index is 12.1. The molecule has 0 radical (unpaired) electrons. The van der Waals surface area contributed by atoms with Crippen molar-refractivity contribution < 1.29 is 19.5 Å². The zero-order chi connectivity index (χ0) is 18.1. The quantitative estimate of drug-likeness (QED) is 0.644. The highest BCUT2D eigenvalue weighted by molar-refractivity contribution is 5.85. The highest BCUT2D eigenvalue weighted by atomic mass is 16.4. The zero-order valence-corrected chi connectivity index (χ0v) is 14.4. The van der Waals surface area contributed by atoms with Gasteiger partial charge in [-0.3, -0.25) is 14.4 Å². The van der Waals surface area contributed by atoms with Gasteiger partial charge in [0.05, 0.1) is 18.5 Å². The summed E-state index contributed by atoms with van der Waals surface area (Å²) in [5, 5.41) is 14.5. The minimum atomic E-state index is -0.995. The highest BCUT2D eigenvalue weighted by Gasteiger charge is 2.26. The molecule has 0 bridgehead atoms. The summed E-state index contributed by atoms with van der Waals surface area (Å²) >= 11 is 0. The second-order valence-corrected chi connectivity index (χ2v) is 6.29. The van der Waals surface area contributed by atoms with Crippen LogP contribution in [-0.4, -0.2) is 29.4 Å². The third-order valence-electron chi connectivity index (χ3n) is 3.76. The first-order valence-electron chi connectivity index (χ1n) is 8.15. The monoisotopic (exact) mass is 334 g/mol. The van der Waals surface area contributed by atoms with Crippen LogP contribution in [0.5, 0.6) is 0 Å². The van der Waals surface area contributed by atoms with Crippen molar-refractivity contribution in [2.24, 2.45) is 11.8 Å². The van der Waals surface area contributed by atoms with Crippen molar-refractivity contribution in [1.82, 2.24) is 10.6 Å². The van der Waals surface area contributed by atoms with E-state index in [1.54, 1.807) is 31.2 Å². The maximum Gasteiger partial charge on any atom is 0.308 e. The third kappa shape index (κ3) is 6.81. The van der Waals surface area contributed by atoms with E-state index in [0.29, 0.717) is 17.9 Å². The Kier molecular flexibility index (Phi) is 7.95. The van der Waals surface area contributed by atoms with Crippen LogP contribution in [0.4, 0.5) is 0 Å². The van der Waals surface area contributed by atoms with Gasteiger partial charge in [0.1, 0.15) is 0 Å². The molecular formula is C18H26N2O4. The van der Waals surface area contributed by atoms with Crippen LogP contribution in [-0.2, 0) is 14.4 Å². The third-order valence-corrected chi connectivity index (χ3v) is 3.76. The van der Waals surface area contributed by atoms with Crippen molar-refractivity contribution in [3.05, 3.63) is 35.9 Å². The van der Waals surface area contributed by atoms with Crippen molar-refractivity contribution in [2.75, 3.05) is 6.54 Å². The number of carboxylic acids is 1.